The van der Waals surface area contributed by atoms with Crippen molar-refractivity contribution in [1.82, 2.24) is 9.80 Å². The molecule has 6 nitrogen and oxygen atoms in total. The lowest BCUT2D eigenvalue weighted by atomic mass is 9.36. The van der Waals surface area contributed by atoms with E-state index in [1.54, 1.807) is 0 Å². The van der Waals surface area contributed by atoms with Gasteiger partial charge in [0.25, 0.3) is 0 Å². The Morgan fingerprint density at radius 1 is 0.851 bits per heavy atom. The molecular weight excluding hydrogens is 584 g/mol. The number of allylic oxidation sites excluding steroid dienone is 2. The van der Waals surface area contributed by atoms with Crippen LogP contribution in [0.3, 0.4) is 0 Å². The number of aliphatic hydroxyl groups excluding tert-OH is 1. The van der Waals surface area contributed by atoms with Crippen LogP contribution in [0.1, 0.15) is 115 Å². The molecule has 47 heavy (non-hydrogen) atoms. The van der Waals surface area contributed by atoms with Crippen LogP contribution in [0.25, 0.3) is 5.57 Å². The number of carbonyl (C=O) groups excluding carboxylic acids is 2. The number of likely N-dealkylation sites (N-methyl/N-ethyl adjacent to an activating group) is 1. The number of rotatable bonds is 9. The largest absolute Gasteiger partial charge is 0.462 e. The van der Waals surface area contributed by atoms with Crippen molar-refractivity contribution in [2.45, 2.75) is 98.8 Å². The van der Waals surface area contributed by atoms with Crippen molar-refractivity contribution in [3.8, 4) is 0 Å². The fraction of sp³-hybridized carbons (Fsp3) is 0.756. The lowest BCUT2D eigenvalue weighted by Crippen LogP contribution is -2.62. The van der Waals surface area contributed by atoms with Gasteiger partial charge >= 0.3 is 5.97 Å². The SMILES string of the molecule is CCOC(=O)c1ccc(C2=CCC3(C)C(CCC4(C)C5CCC6(C(=O)N(CCO)CCN(C)C)CCCC6C5CCC43)C2(C)C)cc1. The first-order valence-corrected chi connectivity index (χ1v) is 18.9. The molecule has 1 aromatic carbocycles. The molecule has 8 atom stereocenters. The molecule has 0 saturated heterocycles. The van der Waals surface area contributed by atoms with Crippen LogP contribution < -0.4 is 0 Å². The number of esters is 1. The first kappa shape index (κ1) is 34.7. The molecule has 8 unspecified atom stereocenters. The van der Waals surface area contributed by atoms with Crippen molar-refractivity contribution in [2.75, 3.05) is 46.9 Å². The predicted molar refractivity (Wildman–Crippen MR) is 189 cm³/mol. The zero-order chi connectivity index (χ0) is 33.8. The van der Waals surface area contributed by atoms with Crippen LogP contribution in [0, 0.1) is 51.2 Å². The maximum absolute atomic E-state index is 14.4. The molecule has 0 aromatic heterocycles. The number of hydrogen-bond acceptors (Lipinski definition) is 5. The van der Waals surface area contributed by atoms with Gasteiger partial charge in [0.15, 0.2) is 0 Å². The summed E-state index contributed by atoms with van der Waals surface area (Å²) in [5.74, 6) is 3.22. The van der Waals surface area contributed by atoms with Crippen LogP contribution >= 0.6 is 0 Å². The fourth-order valence-corrected chi connectivity index (χ4v) is 12.8. The monoisotopic (exact) mass is 646 g/mol. The van der Waals surface area contributed by atoms with Crippen LogP contribution in [0.15, 0.2) is 30.3 Å². The quantitative estimate of drug-likeness (QED) is 0.279. The highest BCUT2D eigenvalue weighted by Crippen LogP contribution is 2.73. The third-order valence-corrected chi connectivity index (χ3v) is 14.7. The van der Waals surface area contributed by atoms with Crippen LogP contribution in [-0.2, 0) is 9.53 Å². The predicted octanol–water partition coefficient (Wildman–Crippen LogP) is 7.70. The van der Waals surface area contributed by atoms with Crippen molar-refractivity contribution in [3.05, 3.63) is 41.5 Å². The standard InChI is InChI=1S/C41H62N2O4/c1-8-47-36(45)29-13-11-28(12-14-29)31-17-21-40(5)34(38(31,2)3)19-22-39(4)32-18-23-41(37(46)43(26-27-44)25-24-42(6)7)20-9-10-33(41)30(32)15-16-35(39)40/h11-14,17,30,32-35,44H,8-10,15-16,18-27H2,1-7H3. The van der Waals surface area contributed by atoms with E-state index >= 15 is 0 Å². The summed E-state index contributed by atoms with van der Waals surface area (Å²) in [6, 6.07) is 8.11. The van der Waals surface area contributed by atoms with Gasteiger partial charge in [-0.05, 0) is 148 Å². The van der Waals surface area contributed by atoms with Gasteiger partial charge in [-0.25, -0.2) is 4.79 Å². The van der Waals surface area contributed by atoms with Crippen molar-refractivity contribution < 1.29 is 19.4 Å². The minimum atomic E-state index is -0.251. The number of amides is 1. The van der Waals surface area contributed by atoms with E-state index < -0.39 is 0 Å². The molecule has 0 spiro atoms. The Labute approximate surface area is 284 Å². The highest BCUT2D eigenvalue weighted by molar-refractivity contribution is 5.90. The van der Waals surface area contributed by atoms with Gasteiger partial charge in [-0.3, -0.25) is 4.79 Å². The van der Waals surface area contributed by atoms with E-state index in [4.69, 9.17) is 4.74 Å². The summed E-state index contributed by atoms with van der Waals surface area (Å²) in [5, 5.41) is 9.90. The third kappa shape index (κ3) is 5.62. The van der Waals surface area contributed by atoms with E-state index in [2.05, 4.69) is 64.9 Å². The molecule has 1 aromatic rings. The number of benzene rings is 1. The second kappa shape index (κ2) is 12.9. The van der Waals surface area contributed by atoms with Crippen LogP contribution in [0.4, 0.5) is 0 Å². The summed E-state index contributed by atoms with van der Waals surface area (Å²) in [7, 11) is 4.12. The minimum Gasteiger partial charge on any atom is -0.462 e. The number of carbonyl (C=O) groups is 2. The maximum Gasteiger partial charge on any atom is 0.338 e. The lowest BCUT2D eigenvalue weighted by Gasteiger charge is -2.68. The Morgan fingerprint density at radius 3 is 2.28 bits per heavy atom. The van der Waals surface area contributed by atoms with Gasteiger partial charge in [0.1, 0.15) is 0 Å². The van der Waals surface area contributed by atoms with Gasteiger partial charge in [0.05, 0.1) is 24.2 Å². The zero-order valence-electron chi connectivity index (χ0n) is 30.4. The number of nitrogens with zero attached hydrogens (tertiary/aromatic N) is 2. The Morgan fingerprint density at radius 2 is 1.60 bits per heavy atom. The van der Waals surface area contributed by atoms with Crippen molar-refractivity contribution in [1.29, 1.82) is 0 Å². The molecule has 4 fully saturated rings. The molecule has 5 aliphatic rings. The molecule has 6 rings (SSSR count). The maximum atomic E-state index is 14.4. The second-order valence-electron chi connectivity index (χ2n) is 17.4. The van der Waals surface area contributed by atoms with E-state index in [0.29, 0.717) is 66.2 Å². The summed E-state index contributed by atoms with van der Waals surface area (Å²) < 4.78 is 5.23. The van der Waals surface area contributed by atoms with Gasteiger partial charge in [0, 0.05) is 19.6 Å². The fourth-order valence-electron chi connectivity index (χ4n) is 12.8. The molecule has 4 saturated carbocycles. The van der Waals surface area contributed by atoms with Crippen LogP contribution in [0.2, 0.25) is 0 Å². The molecule has 0 aliphatic heterocycles. The van der Waals surface area contributed by atoms with Gasteiger partial charge < -0.3 is 19.6 Å². The lowest BCUT2D eigenvalue weighted by molar-refractivity contribution is -0.185. The van der Waals surface area contributed by atoms with Gasteiger partial charge in [-0.2, -0.15) is 0 Å². The summed E-state index contributed by atoms with van der Waals surface area (Å²) in [6.07, 6.45) is 14.3. The van der Waals surface area contributed by atoms with Gasteiger partial charge in [0.2, 0.25) is 5.91 Å². The molecule has 0 bridgehead atoms. The molecular formula is C41H62N2O4. The Hall–Kier alpha value is -2.18. The van der Waals surface area contributed by atoms with E-state index in [-0.39, 0.29) is 28.8 Å². The molecule has 0 heterocycles. The van der Waals surface area contributed by atoms with E-state index in [0.717, 1.165) is 25.8 Å². The molecule has 5 aliphatic carbocycles. The first-order valence-electron chi connectivity index (χ1n) is 18.9. The minimum absolute atomic E-state index is 0.0386. The Balaban J connectivity index is 1.24. The number of hydrogen-bond donors (Lipinski definition) is 1. The average Bonchev–Trinajstić information content (AvgIpc) is 3.48. The first-order chi connectivity index (χ1) is 22.3. The Bertz CT molecular complexity index is 1350. The highest BCUT2D eigenvalue weighted by Gasteiger charge is 2.66. The van der Waals surface area contributed by atoms with E-state index in [9.17, 15) is 14.7 Å². The molecule has 1 N–H and O–H groups in total. The zero-order valence-corrected chi connectivity index (χ0v) is 30.4. The average molecular weight is 647 g/mol. The van der Waals surface area contributed by atoms with Crippen LogP contribution in [0.5, 0.6) is 0 Å². The molecule has 6 heteroatoms. The summed E-state index contributed by atoms with van der Waals surface area (Å²) in [4.78, 5) is 30.9. The second-order valence-corrected chi connectivity index (χ2v) is 17.4. The van der Waals surface area contributed by atoms with Crippen LogP contribution in [-0.4, -0.2) is 73.7 Å². The Kier molecular flexibility index (Phi) is 9.54. The van der Waals surface area contributed by atoms with E-state index in [1.165, 1.54) is 56.1 Å². The number of fused-ring (bicyclic) bond motifs is 7. The highest BCUT2D eigenvalue weighted by atomic mass is 16.5. The normalized spacial score (nSPS) is 37.2. The molecule has 0 radical (unpaired) electrons. The molecule has 1 amide bonds. The summed E-state index contributed by atoms with van der Waals surface area (Å²) in [6.45, 7) is 14.5. The van der Waals surface area contributed by atoms with Gasteiger partial charge in [-0.15, -0.1) is 0 Å². The smallest absolute Gasteiger partial charge is 0.338 e. The van der Waals surface area contributed by atoms with Gasteiger partial charge in [-0.1, -0.05) is 52.3 Å². The van der Waals surface area contributed by atoms with E-state index in [1.807, 2.05) is 24.0 Å². The topological polar surface area (TPSA) is 70.1 Å². The van der Waals surface area contributed by atoms with Crippen molar-refractivity contribution in [3.63, 3.8) is 0 Å². The number of ether oxygens (including phenoxy) is 1. The van der Waals surface area contributed by atoms with Crippen molar-refractivity contribution in [2.24, 2.45) is 51.2 Å². The summed E-state index contributed by atoms with van der Waals surface area (Å²) >= 11 is 0. The van der Waals surface area contributed by atoms with Crippen molar-refractivity contribution >= 4 is 17.4 Å². The summed E-state index contributed by atoms with van der Waals surface area (Å²) in [5.41, 5.74) is 3.66. The third-order valence-electron chi connectivity index (χ3n) is 14.7. The number of aliphatic hydroxyl groups is 1. The molecule has 260 valence electrons.